The summed E-state index contributed by atoms with van der Waals surface area (Å²) in [7, 11) is 9.11. The van der Waals surface area contributed by atoms with Gasteiger partial charge < -0.3 is 0 Å². The third kappa shape index (κ3) is 5.62. The van der Waals surface area contributed by atoms with Crippen LogP contribution in [0.5, 0.6) is 0 Å². The second-order valence-electron chi connectivity index (χ2n) is 6.52. The Hall–Kier alpha value is -0.761. The van der Waals surface area contributed by atoms with Gasteiger partial charge in [-0.1, -0.05) is 41.7 Å². The van der Waals surface area contributed by atoms with Gasteiger partial charge in [0.05, 0.1) is 16.9 Å². The third-order valence-corrected chi connectivity index (χ3v) is 7.24. The van der Waals surface area contributed by atoms with E-state index in [1.165, 1.54) is 5.30 Å². The monoisotopic (exact) mass is 466 g/mol. The number of hydrogen-bond acceptors (Lipinski definition) is 2. The molecule has 0 bridgehead atoms. The first-order valence-electron chi connectivity index (χ1n) is 8.54. The number of fused-ring (bicyclic) bond motifs is 1. The molecule has 146 valence electrons. The molecule has 0 aliphatic heterocycles. The Morgan fingerprint density at radius 1 is 0.926 bits per heavy atom. The van der Waals surface area contributed by atoms with Gasteiger partial charge in [0.1, 0.15) is 5.82 Å². The van der Waals surface area contributed by atoms with Gasteiger partial charge in [-0.15, -0.1) is 0 Å². The van der Waals surface area contributed by atoms with Crippen molar-refractivity contribution in [3.05, 3.63) is 54.5 Å². The van der Waals surface area contributed by atoms with Crippen LogP contribution in [-0.2, 0) is 13.1 Å². The quantitative estimate of drug-likeness (QED) is 0.314. The van der Waals surface area contributed by atoms with Crippen LogP contribution in [0.25, 0.3) is 22.3 Å². The van der Waals surface area contributed by atoms with E-state index in [9.17, 15) is 4.39 Å². The van der Waals surface area contributed by atoms with Crippen LogP contribution in [-0.4, -0.2) is 21.3 Å². The van der Waals surface area contributed by atoms with E-state index in [0.717, 1.165) is 16.9 Å². The molecule has 0 radical (unpaired) electrons. The van der Waals surface area contributed by atoms with Crippen LogP contribution in [0.15, 0.2) is 48.7 Å². The summed E-state index contributed by atoms with van der Waals surface area (Å²) in [5, 5.41) is 1.78. The predicted molar refractivity (Wildman–Crippen MR) is 113 cm³/mol. The Bertz CT molecular complexity index is 870. The number of pyridine rings is 2. The molecule has 0 saturated carbocycles. The zero-order valence-corrected chi connectivity index (χ0v) is 19.1. The number of nitrogens with zero attached hydrogens (tertiary/aromatic N) is 2. The average molecular weight is 467 g/mol. The fraction of sp³-hybridized carbons (Fsp3) is 0.300. The van der Waals surface area contributed by atoms with Gasteiger partial charge in [0.15, 0.2) is 0 Å². The second kappa shape index (κ2) is 10.7. The molecule has 0 amide bonds. The van der Waals surface area contributed by atoms with Crippen molar-refractivity contribution >= 4 is 44.3 Å². The first-order valence-corrected chi connectivity index (χ1v) is 13.1. The molecule has 1 aromatic carbocycles. The molecule has 7 heteroatoms. The summed E-state index contributed by atoms with van der Waals surface area (Å²) in [5.74, 6) is -0.212. The van der Waals surface area contributed by atoms with E-state index in [2.05, 4.69) is 32.7 Å². The van der Waals surface area contributed by atoms with Crippen LogP contribution in [0, 0.1) is 5.82 Å². The van der Waals surface area contributed by atoms with E-state index in [4.69, 9.17) is 25.2 Å². The number of benzene rings is 1. The molecule has 3 rings (SSSR count). The average Bonchev–Trinajstić information content (AvgIpc) is 2.64. The molecule has 2 aromatic heterocycles. The summed E-state index contributed by atoms with van der Waals surface area (Å²) in [4.78, 5) is 9.18. The normalized spacial score (nSPS) is 11.3. The van der Waals surface area contributed by atoms with Gasteiger partial charge in [-0.2, -0.15) is 0 Å². The van der Waals surface area contributed by atoms with Gasteiger partial charge >= 0.3 is 33.3 Å². The summed E-state index contributed by atoms with van der Waals surface area (Å²) in [6.45, 7) is 8.96. The maximum atomic E-state index is 14.3. The molecule has 0 fully saturated rings. The van der Waals surface area contributed by atoms with E-state index in [0.29, 0.717) is 16.7 Å². The van der Waals surface area contributed by atoms with Crippen LogP contribution in [0.1, 0.15) is 27.7 Å². The Kier molecular flexibility index (Phi) is 8.92. The van der Waals surface area contributed by atoms with Crippen molar-refractivity contribution in [1.29, 1.82) is 0 Å². The fourth-order valence-electron chi connectivity index (χ4n) is 3.19. The molecular weight excluding hydrogens is 445 g/mol. The van der Waals surface area contributed by atoms with E-state index in [1.807, 2.05) is 36.4 Å². The summed E-state index contributed by atoms with van der Waals surface area (Å²) in [6, 6.07) is 12.9. The first kappa shape index (κ1) is 22.5. The van der Waals surface area contributed by atoms with Crippen molar-refractivity contribution in [2.45, 2.75) is 39.0 Å². The van der Waals surface area contributed by atoms with E-state index in [-0.39, 0.29) is 19.0 Å². The Morgan fingerprint density at radius 3 is 2.15 bits per heavy atom. The number of rotatable bonds is 4. The zero-order valence-electron chi connectivity index (χ0n) is 15.6. The van der Waals surface area contributed by atoms with Gasteiger partial charge in [-0.25, -0.2) is 9.37 Å². The summed E-state index contributed by atoms with van der Waals surface area (Å²) < 4.78 is 14.3. The molecule has 0 saturated heterocycles. The minimum atomic E-state index is -0.417. The van der Waals surface area contributed by atoms with Crippen molar-refractivity contribution in [1.82, 2.24) is 9.97 Å². The topological polar surface area (TPSA) is 25.8 Å². The van der Waals surface area contributed by atoms with Crippen LogP contribution >= 0.6 is 28.1 Å². The number of aromatic nitrogens is 2. The Balaban J connectivity index is 0.000000817. The van der Waals surface area contributed by atoms with E-state index >= 15 is 0 Å². The predicted octanol–water partition coefficient (Wildman–Crippen LogP) is 6.74. The number of hydrogen-bond donors (Lipinski definition) is 0. The van der Waals surface area contributed by atoms with Crippen molar-refractivity contribution in [3.63, 3.8) is 0 Å². The third-order valence-electron chi connectivity index (χ3n) is 4.10. The van der Waals surface area contributed by atoms with Crippen LogP contribution in [0.3, 0.4) is 0 Å². The Labute approximate surface area is 176 Å². The van der Waals surface area contributed by atoms with Crippen molar-refractivity contribution in [3.8, 4) is 11.4 Å². The molecule has 0 spiro atoms. The fourth-order valence-corrected chi connectivity index (χ4v) is 6.15. The van der Waals surface area contributed by atoms with Crippen molar-refractivity contribution in [2.75, 3.05) is 0 Å². The summed E-state index contributed by atoms with van der Waals surface area (Å²) in [5.41, 5.74) is 3.43. The van der Waals surface area contributed by atoms with Crippen LogP contribution < -0.4 is 5.30 Å². The van der Waals surface area contributed by atoms with Crippen LogP contribution in [0.2, 0.25) is 0 Å². The summed E-state index contributed by atoms with van der Waals surface area (Å²) in [6.07, 6.45) is 1.75. The van der Waals surface area contributed by atoms with E-state index in [1.54, 1.807) is 12.3 Å². The molecule has 0 atom stereocenters. The standard InChI is InChI=1S/C20H22FN2P.2ClH.Fe/c1-13(2)24(14(3)4)19-11-9-16(21)15-8-10-18(23-20(15)19)17-7-5-6-12-22-17;;;/h5-14H,1-4H3;2*1H;/q;;;+2/p-2. The van der Waals surface area contributed by atoms with E-state index < -0.39 is 7.92 Å². The van der Waals surface area contributed by atoms with Crippen molar-refractivity contribution in [2.24, 2.45) is 0 Å². The van der Waals surface area contributed by atoms with Gasteiger partial charge in [0.25, 0.3) is 0 Å². The number of halogens is 3. The molecule has 0 aliphatic rings. The molecule has 2 nitrogen and oxygen atoms in total. The van der Waals surface area contributed by atoms with Gasteiger partial charge in [-0.05, 0) is 47.7 Å². The van der Waals surface area contributed by atoms with Gasteiger partial charge in [0, 0.05) is 16.9 Å². The minimum absolute atomic E-state index is 0.194. The molecule has 3 aromatic rings. The Morgan fingerprint density at radius 2 is 1.59 bits per heavy atom. The first-order chi connectivity index (χ1) is 12.9. The van der Waals surface area contributed by atoms with Gasteiger partial charge in [-0.3, -0.25) is 4.98 Å². The van der Waals surface area contributed by atoms with Crippen molar-refractivity contribution < 1.29 is 17.5 Å². The second-order valence-corrected chi connectivity index (χ2v) is 11.7. The molecular formula is C20H22Cl2FFeN2P. The van der Waals surface area contributed by atoms with Crippen LogP contribution in [0.4, 0.5) is 4.39 Å². The molecule has 0 aliphatic carbocycles. The molecule has 2 heterocycles. The zero-order chi connectivity index (χ0) is 20.0. The summed E-state index contributed by atoms with van der Waals surface area (Å²) >= 11 is 0.194. The van der Waals surface area contributed by atoms with Gasteiger partial charge in [0.2, 0.25) is 0 Å². The maximum absolute atomic E-state index is 14.3. The molecule has 0 N–H and O–H groups in total. The molecule has 0 unspecified atom stereocenters. The molecule has 27 heavy (non-hydrogen) atoms. The SMILES string of the molecule is CC(C)P(c1ccc(F)c2ccc(-c3ccccn3)nc12)C(C)C.[Cl][Fe][Cl].